The number of amides is 1. The minimum Gasteiger partial charge on any atom is -0.507 e. The molecular formula is C28H26FNO5. The molecule has 0 radical (unpaired) electrons. The molecule has 1 aliphatic heterocycles. The normalized spacial score (nSPS) is 17.6. The second-order valence-corrected chi connectivity index (χ2v) is 9.37. The van der Waals surface area contributed by atoms with E-state index in [4.69, 9.17) is 4.74 Å². The van der Waals surface area contributed by atoms with Crippen LogP contribution in [0.5, 0.6) is 11.5 Å². The van der Waals surface area contributed by atoms with E-state index in [1.807, 2.05) is 20.8 Å². The lowest BCUT2D eigenvalue weighted by Crippen LogP contribution is -2.29. The van der Waals surface area contributed by atoms with Crippen LogP contribution in [-0.2, 0) is 15.0 Å². The average molecular weight is 476 g/mol. The molecule has 0 aromatic heterocycles. The molecule has 1 fully saturated rings. The van der Waals surface area contributed by atoms with E-state index in [1.165, 1.54) is 36.4 Å². The largest absolute Gasteiger partial charge is 0.507 e. The second kappa shape index (κ2) is 8.91. The van der Waals surface area contributed by atoms with Gasteiger partial charge >= 0.3 is 0 Å². The molecule has 0 saturated carbocycles. The van der Waals surface area contributed by atoms with E-state index in [0.29, 0.717) is 16.9 Å². The molecule has 0 spiro atoms. The molecular weight excluding hydrogens is 449 g/mol. The number of aliphatic hydroxyl groups excluding tert-OH is 1. The fraction of sp³-hybridized carbons (Fsp3) is 0.214. The summed E-state index contributed by atoms with van der Waals surface area (Å²) in [6, 6.07) is 15.4. The van der Waals surface area contributed by atoms with Crippen molar-refractivity contribution in [3.63, 3.8) is 0 Å². The van der Waals surface area contributed by atoms with Crippen molar-refractivity contribution in [1.29, 1.82) is 0 Å². The number of nitrogens with zero attached hydrogens (tertiary/aromatic N) is 1. The predicted octanol–water partition coefficient (Wildman–Crippen LogP) is 5.46. The molecule has 4 rings (SSSR count). The van der Waals surface area contributed by atoms with Gasteiger partial charge in [0.25, 0.3) is 11.7 Å². The molecule has 1 atom stereocenters. The van der Waals surface area contributed by atoms with Crippen LogP contribution in [-0.4, -0.2) is 29.0 Å². The fourth-order valence-corrected chi connectivity index (χ4v) is 4.31. The summed E-state index contributed by atoms with van der Waals surface area (Å²) in [5, 5.41) is 21.8. The van der Waals surface area contributed by atoms with Gasteiger partial charge in [0.15, 0.2) is 0 Å². The van der Waals surface area contributed by atoms with E-state index in [-0.39, 0.29) is 28.2 Å². The van der Waals surface area contributed by atoms with Gasteiger partial charge in [0.05, 0.1) is 24.4 Å². The van der Waals surface area contributed by atoms with E-state index in [0.717, 1.165) is 10.5 Å². The van der Waals surface area contributed by atoms with Crippen LogP contribution in [0.2, 0.25) is 0 Å². The van der Waals surface area contributed by atoms with Crippen LogP contribution in [0.15, 0.2) is 72.3 Å². The summed E-state index contributed by atoms with van der Waals surface area (Å²) in [6.45, 7) is 5.97. The van der Waals surface area contributed by atoms with Crippen LogP contribution in [0.25, 0.3) is 5.76 Å². The van der Waals surface area contributed by atoms with Crippen molar-refractivity contribution in [1.82, 2.24) is 0 Å². The maximum atomic E-state index is 13.7. The van der Waals surface area contributed by atoms with Gasteiger partial charge in [0.2, 0.25) is 0 Å². The van der Waals surface area contributed by atoms with Crippen molar-refractivity contribution in [2.75, 3.05) is 12.0 Å². The highest BCUT2D eigenvalue weighted by molar-refractivity contribution is 6.51. The third-order valence-corrected chi connectivity index (χ3v) is 6.05. The summed E-state index contributed by atoms with van der Waals surface area (Å²) in [5.41, 5.74) is 1.15. The Morgan fingerprint density at radius 1 is 1.00 bits per heavy atom. The number of ether oxygens (including phenoxy) is 1. The Morgan fingerprint density at radius 2 is 1.66 bits per heavy atom. The Bertz CT molecular complexity index is 1340. The Morgan fingerprint density at radius 3 is 2.26 bits per heavy atom. The molecule has 0 aliphatic carbocycles. The number of methoxy groups -OCH3 is 1. The Balaban J connectivity index is 1.97. The molecule has 7 heteroatoms. The minimum absolute atomic E-state index is 0.105. The van der Waals surface area contributed by atoms with E-state index >= 15 is 0 Å². The molecule has 3 aromatic carbocycles. The smallest absolute Gasteiger partial charge is 0.300 e. The number of para-hydroxylation sites is 2. The summed E-state index contributed by atoms with van der Waals surface area (Å²) < 4.78 is 19.2. The SMILES string of the molecule is COc1ccc(/C(O)=C2/C(=O)C(=O)N(c3ccccc3O)C2c2ccc(F)cc2)cc1C(C)(C)C. The molecule has 1 amide bonds. The first kappa shape index (κ1) is 24.0. The zero-order valence-electron chi connectivity index (χ0n) is 19.9. The number of hydrogen-bond donors (Lipinski definition) is 2. The molecule has 1 unspecified atom stereocenters. The first-order valence-electron chi connectivity index (χ1n) is 11.1. The van der Waals surface area contributed by atoms with Gasteiger partial charge < -0.3 is 14.9 Å². The van der Waals surface area contributed by atoms with Crippen molar-refractivity contribution in [3.05, 3.63) is 94.8 Å². The third-order valence-electron chi connectivity index (χ3n) is 6.05. The van der Waals surface area contributed by atoms with Crippen LogP contribution in [0.3, 0.4) is 0 Å². The summed E-state index contributed by atoms with van der Waals surface area (Å²) in [7, 11) is 1.55. The number of carbonyl (C=O) groups is 2. The number of phenols is 1. The van der Waals surface area contributed by atoms with Crippen LogP contribution in [0, 0.1) is 5.82 Å². The average Bonchev–Trinajstić information content (AvgIpc) is 3.09. The molecule has 2 N–H and O–H groups in total. The topological polar surface area (TPSA) is 87.1 Å². The lowest BCUT2D eigenvalue weighted by Gasteiger charge is -2.26. The number of ketones is 1. The lowest BCUT2D eigenvalue weighted by atomic mass is 9.84. The van der Waals surface area contributed by atoms with Gasteiger partial charge in [-0.3, -0.25) is 14.5 Å². The predicted molar refractivity (Wildman–Crippen MR) is 131 cm³/mol. The maximum Gasteiger partial charge on any atom is 0.300 e. The molecule has 1 heterocycles. The number of benzene rings is 3. The molecule has 1 aliphatic rings. The number of anilines is 1. The number of aromatic hydroxyl groups is 1. The number of carbonyl (C=O) groups excluding carboxylic acids is 2. The number of phenolic OH excluding ortho intramolecular Hbond substituents is 1. The van der Waals surface area contributed by atoms with Gasteiger partial charge in [-0.05, 0) is 53.4 Å². The minimum atomic E-state index is -1.08. The lowest BCUT2D eigenvalue weighted by molar-refractivity contribution is -0.132. The summed E-state index contributed by atoms with van der Waals surface area (Å²) in [6.07, 6.45) is 0. The van der Waals surface area contributed by atoms with Crippen LogP contribution in [0.1, 0.15) is 43.5 Å². The number of Topliss-reactive ketones (excluding diaryl/α,β-unsaturated/α-hetero) is 1. The maximum absolute atomic E-state index is 13.7. The quantitative estimate of drug-likeness (QED) is 0.297. The summed E-state index contributed by atoms with van der Waals surface area (Å²) >= 11 is 0. The highest BCUT2D eigenvalue weighted by Gasteiger charge is 2.47. The highest BCUT2D eigenvalue weighted by atomic mass is 19.1. The van der Waals surface area contributed by atoms with Crippen LogP contribution in [0.4, 0.5) is 10.1 Å². The molecule has 3 aromatic rings. The number of rotatable bonds is 4. The molecule has 1 saturated heterocycles. The molecule has 6 nitrogen and oxygen atoms in total. The first-order valence-corrected chi connectivity index (χ1v) is 11.1. The number of halogens is 1. The van der Waals surface area contributed by atoms with Crippen LogP contribution >= 0.6 is 0 Å². The zero-order valence-corrected chi connectivity index (χ0v) is 19.9. The first-order chi connectivity index (χ1) is 16.5. The Hall–Kier alpha value is -4.13. The van der Waals surface area contributed by atoms with Gasteiger partial charge in [-0.15, -0.1) is 0 Å². The van der Waals surface area contributed by atoms with Gasteiger partial charge in [-0.2, -0.15) is 0 Å². The summed E-state index contributed by atoms with van der Waals surface area (Å²) in [4.78, 5) is 27.6. The second-order valence-electron chi connectivity index (χ2n) is 9.37. The fourth-order valence-electron chi connectivity index (χ4n) is 4.31. The van der Waals surface area contributed by atoms with Crippen molar-refractivity contribution < 1.29 is 28.9 Å². The monoisotopic (exact) mass is 475 g/mol. The van der Waals surface area contributed by atoms with Crippen molar-refractivity contribution in [2.24, 2.45) is 0 Å². The van der Waals surface area contributed by atoms with Gasteiger partial charge in [0.1, 0.15) is 23.1 Å². The van der Waals surface area contributed by atoms with E-state index in [1.54, 1.807) is 37.4 Å². The van der Waals surface area contributed by atoms with Crippen molar-refractivity contribution in [3.8, 4) is 11.5 Å². The van der Waals surface area contributed by atoms with Gasteiger partial charge in [-0.25, -0.2) is 4.39 Å². The molecule has 0 bridgehead atoms. The van der Waals surface area contributed by atoms with Crippen LogP contribution < -0.4 is 9.64 Å². The van der Waals surface area contributed by atoms with Crippen molar-refractivity contribution >= 4 is 23.1 Å². The third kappa shape index (κ3) is 4.25. The zero-order chi connectivity index (χ0) is 25.5. The molecule has 35 heavy (non-hydrogen) atoms. The highest BCUT2D eigenvalue weighted by Crippen LogP contribution is 2.45. The van der Waals surface area contributed by atoms with Gasteiger partial charge in [0, 0.05) is 11.1 Å². The van der Waals surface area contributed by atoms with Gasteiger partial charge in [-0.1, -0.05) is 45.0 Å². The number of hydrogen-bond acceptors (Lipinski definition) is 5. The van der Waals surface area contributed by atoms with E-state index < -0.39 is 23.5 Å². The molecule has 180 valence electrons. The standard InChI is InChI=1S/C28H26FNO5/c1-28(2,3)19-15-17(11-14-22(19)35-4)25(32)23-24(16-9-12-18(29)13-10-16)30(27(34)26(23)33)20-7-5-6-8-21(20)31/h5-15,24,31-32H,1-4H3/b25-23-. The Kier molecular flexibility index (Phi) is 6.11. The summed E-state index contributed by atoms with van der Waals surface area (Å²) in [5.74, 6) is -2.26. The van der Waals surface area contributed by atoms with E-state index in [9.17, 15) is 24.2 Å². The number of aliphatic hydroxyl groups is 1. The van der Waals surface area contributed by atoms with Crippen molar-refractivity contribution in [2.45, 2.75) is 32.2 Å². The Labute approximate surface area is 202 Å². The van der Waals surface area contributed by atoms with E-state index in [2.05, 4.69) is 0 Å².